The molecule has 0 saturated heterocycles. The summed E-state index contributed by atoms with van der Waals surface area (Å²) in [6.07, 6.45) is 0. The molecule has 8 heteroatoms. The smallest absolute Gasteiger partial charge is 0.272 e. The number of carbonyl (C=O) groups excluding carboxylic acids is 2. The highest BCUT2D eigenvalue weighted by Gasteiger charge is 2.09. The van der Waals surface area contributed by atoms with Crippen LogP contribution < -0.4 is 10.9 Å². The second-order valence-electron chi connectivity index (χ2n) is 3.84. The molecule has 2 N–H and O–H groups in total. The van der Waals surface area contributed by atoms with Gasteiger partial charge in [0.1, 0.15) is 0 Å². The summed E-state index contributed by atoms with van der Waals surface area (Å²) < 4.78 is 25.7. The molecule has 1 aromatic carbocycles. The molecule has 2 amide bonds. The zero-order valence-corrected chi connectivity index (χ0v) is 12.2. The Morgan fingerprint density at radius 2 is 1.95 bits per heavy atom. The first-order chi connectivity index (χ1) is 10.1. The minimum Gasteiger partial charge on any atom is -0.272 e. The van der Waals surface area contributed by atoms with E-state index in [4.69, 9.17) is 0 Å². The maximum atomic E-state index is 13.0. The second kappa shape index (κ2) is 7.19. The molecule has 0 unspecified atom stereocenters. The van der Waals surface area contributed by atoms with Gasteiger partial charge in [-0.15, -0.1) is 23.1 Å². The predicted molar refractivity (Wildman–Crippen MR) is 77.0 cm³/mol. The van der Waals surface area contributed by atoms with Crippen LogP contribution in [0.4, 0.5) is 8.78 Å². The molecule has 1 heterocycles. The monoisotopic (exact) mass is 328 g/mol. The highest BCUT2D eigenvalue weighted by molar-refractivity contribution is 8.00. The lowest BCUT2D eigenvalue weighted by Crippen LogP contribution is -2.42. The largest absolute Gasteiger partial charge is 0.279 e. The molecule has 0 atom stereocenters. The topological polar surface area (TPSA) is 58.2 Å². The summed E-state index contributed by atoms with van der Waals surface area (Å²) in [6.45, 7) is 0. The average molecular weight is 328 g/mol. The van der Waals surface area contributed by atoms with E-state index >= 15 is 0 Å². The van der Waals surface area contributed by atoms with Crippen LogP contribution in [0.2, 0.25) is 0 Å². The molecule has 2 rings (SSSR count). The first-order valence-corrected chi connectivity index (χ1v) is 7.63. The number of hydrogen-bond donors (Lipinski definition) is 2. The third-order valence-corrected chi connectivity index (χ3v) is 4.18. The molecule has 0 aliphatic rings. The minimum atomic E-state index is -0.966. The lowest BCUT2D eigenvalue weighted by atomic mass is 10.3. The lowest BCUT2D eigenvalue weighted by Gasteiger charge is -2.06. The number of hydrogen-bond acceptors (Lipinski definition) is 4. The van der Waals surface area contributed by atoms with E-state index in [1.54, 1.807) is 17.5 Å². The van der Waals surface area contributed by atoms with Gasteiger partial charge in [0.25, 0.3) is 5.91 Å². The van der Waals surface area contributed by atoms with Crippen molar-refractivity contribution in [2.24, 2.45) is 0 Å². The Hall–Kier alpha value is -1.93. The molecule has 0 spiro atoms. The average Bonchev–Trinajstić information content (AvgIpc) is 3.00. The highest BCUT2D eigenvalue weighted by atomic mass is 32.2. The number of thiophene rings is 1. The van der Waals surface area contributed by atoms with Crippen molar-refractivity contribution in [1.82, 2.24) is 10.9 Å². The Morgan fingerprint density at radius 3 is 2.62 bits per heavy atom. The summed E-state index contributed by atoms with van der Waals surface area (Å²) in [5, 5.41) is 1.75. The fourth-order valence-corrected chi connectivity index (χ4v) is 2.69. The molecule has 4 nitrogen and oxygen atoms in total. The molecule has 0 fully saturated rings. The van der Waals surface area contributed by atoms with Crippen molar-refractivity contribution in [3.63, 3.8) is 0 Å². The van der Waals surface area contributed by atoms with E-state index in [9.17, 15) is 18.4 Å². The van der Waals surface area contributed by atoms with Gasteiger partial charge in [0.15, 0.2) is 11.6 Å². The van der Waals surface area contributed by atoms with E-state index in [1.807, 2.05) is 0 Å². The Morgan fingerprint density at radius 1 is 1.14 bits per heavy atom. The number of rotatable bonds is 4. The van der Waals surface area contributed by atoms with E-state index in [-0.39, 0.29) is 5.75 Å². The number of amides is 2. The first kappa shape index (κ1) is 15.5. The Balaban J connectivity index is 1.77. The molecule has 0 saturated carbocycles. The van der Waals surface area contributed by atoms with Crippen LogP contribution in [0.25, 0.3) is 0 Å². The summed E-state index contributed by atoms with van der Waals surface area (Å²) in [7, 11) is 0. The molecule has 0 aliphatic heterocycles. The number of thioether (sulfide) groups is 1. The Bertz CT molecular complexity index is 648. The normalized spacial score (nSPS) is 10.2. The van der Waals surface area contributed by atoms with Crippen LogP contribution in [0.3, 0.4) is 0 Å². The van der Waals surface area contributed by atoms with Gasteiger partial charge in [-0.05, 0) is 29.6 Å². The zero-order chi connectivity index (χ0) is 15.2. The van der Waals surface area contributed by atoms with Crippen LogP contribution in [-0.4, -0.2) is 17.6 Å². The Kier molecular flexibility index (Phi) is 5.29. The van der Waals surface area contributed by atoms with Gasteiger partial charge < -0.3 is 0 Å². The van der Waals surface area contributed by atoms with Crippen LogP contribution in [0.15, 0.2) is 40.6 Å². The van der Waals surface area contributed by atoms with Gasteiger partial charge in [0.2, 0.25) is 5.91 Å². The first-order valence-electron chi connectivity index (χ1n) is 5.77. The second-order valence-corrected chi connectivity index (χ2v) is 5.84. The summed E-state index contributed by atoms with van der Waals surface area (Å²) in [5.41, 5.74) is 4.51. The van der Waals surface area contributed by atoms with Gasteiger partial charge >= 0.3 is 0 Å². The van der Waals surface area contributed by atoms with E-state index in [2.05, 4.69) is 10.9 Å². The van der Waals surface area contributed by atoms with Crippen molar-refractivity contribution in [3.05, 3.63) is 52.2 Å². The zero-order valence-electron chi connectivity index (χ0n) is 10.6. The van der Waals surface area contributed by atoms with E-state index in [0.717, 1.165) is 23.9 Å². The van der Waals surface area contributed by atoms with E-state index in [1.165, 1.54) is 17.4 Å². The number of hydrazine groups is 1. The predicted octanol–water partition coefficient (Wildman–Crippen LogP) is 2.58. The van der Waals surface area contributed by atoms with Crippen molar-refractivity contribution < 1.29 is 18.4 Å². The molecule has 110 valence electrons. The summed E-state index contributed by atoms with van der Waals surface area (Å²) >= 11 is 2.28. The maximum absolute atomic E-state index is 13.0. The molecule has 21 heavy (non-hydrogen) atoms. The van der Waals surface area contributed by atoms with Crippen LogP contribution in [0.5, 0.6) is 0 Å². The van der Waals surface area contributed by atoms with Crippen LogP contribution in [-0.2, 0) is 4.79 Å². The van der Waals surface area contributed by atoms with Crippen molar-refractivity contribution in [3.8, 4) is 0 Å². The number of nitrogens with one attached hydrogen (secondary N) is 2. The minimum absolute atomic E-state index is 0.0320. The van der Waals surface area contributed by atoms with Crippen LogP contribution in [0.1, 0.15) is 9.67 Å². The highest BCUT2D eigenvalue weighted by Crippen LogP contribution is 2.19. The molecule has 0 aliphatic carbocycles. The SMILES string of the molecule is O=C(CSc1ccc(F)c(F)c1)NNC(=O)c1cccs1. The quantitative estimate of drug-likeness (QED) is 0.670. The molecule has 0 bridgehead atoms. The lowest BCUT2D eigenvalue weighted by molar-refractivity contribution is -0.119. The van der Waals surface area contributed by atoms with Gasteiger partial charge in [0.05, 0.1) is 10.6 Å². The summed E-state index contributed by atoms with van der Waals surface area (Å²) in [6, 6.07) is 6.73. The third-order valence-electron chi connectivity index (χ3n) is 2.32. The van der Waals surface area contributed by atoms with Crippen molar-refractivity contribution in [2.45, 2.75) is 4.90 Å². The van der Waals surface area contributed by atoms with Crippen molar-refractivity contribution in [2.75, 3.05) is 5.75 Å². The van der Waals surface area contributed by atoms with Crippen LogP contribution >= 0.6 is 23.1 Å². The Labute approximate surface area is 127 Å². The molecular weight excluding hydrogens is 318 g/mol. The standard InChI is InChI=1S/C13H10F2N2O2S2/c14-9-4-3-8(6-10(9)15)21-7-12(18)16-17-13(19)11-2-1-5-20-11/h1-6H,7H2,(H,16,18)(H,17,19). The molecular formula is C13H10F2N2O2S2. The fourth-order valence-electron chi connectivity index (χ4n) is 1.35. The summed E-state index contributed by atoms with van der Waals surface area (Å²) in [4.78, 5) is 24.0. The maximum Gasteiger partial charge on any atom is 0.279 e. The van der Waals surface area contributed by atoms with Crippen molar-refractivity contribution >= 4 is 34.9 Å². The molecule has 1 aromatic heterocycles. The van der Waals surface area contributed by atoms with Gasteiger partial charge in [0, 0.05) is 4.90 Å². The van der Waals surface area contributed by atoms with E-state index < -0.39 is 23.4 Å². The fraction of sp³-hybridized carbons (Fsp3) is 0.0769. The van der Waals surface area contributed by atoms with Crippen molar-refractivity contribution in [1.29, 1.82) is 0 Å². The van der Waals surface area contributed by atoms with Gasteiger partial charge in [-0.2, -0.15) is 0 Å². The summed E-state index contributed by atoms with van der Waals surface area (Å²) in [5.74, 6) is -2.79. The molecule has 2 aromatic rings. The molecule has 0 radical (unpaired) electrons. The van der Waals surface area contributed by atoms with E-state index in [0.29, 0.717) is 9.77 Å². The number of carbonyl (C=O) groups is 2. The van der Waals surface area contributed by atoms with Gasteiger partial charge in [-0.3, -0.25) is 20.4 Å². The third kappa shape index (κ3) is 4.54. The van der Waals surface area contributed by atoms with Crippen LogP contribution in [0, 0.1) is 11.6 Å². The van der Waals surface area contributed by atoms with Gasteiger partial charge in [-0.25, -0.2) is 8.78 Å². The number of halogens is 2. The van der Waals surface area contributed by atoms with Gasteiger partial charge in [-0.1, -0.05) is 6.07 Å². The number of benzene rings is 1.